The minimum Gasteiger partial charge on any atom is -0.485 e. The summed E-state index contributed by atoms with van der Waals surface area (Å²) in [5.41, 5.74) is 2.17. The number of thioether (sulfide) groups is 1. The molecule has 2 atom stereocenters. The number of ether oxygens (including phenoxy) is 2. The van der Waals surface area contributed by atoms with E-state index in [9.17, 15) is 0 Å². The van der Waals surface area contributed by atoms with Gasteiger partial charge in [0.25, 0.3) is 0 Å². The molecule has 0 spiro atoms. The quantitative estimate of drug-likeness (QED) is 0.496. The highest BCUT2D eigenvalue weighted by Crippen LogP contribution is 2.28. The topological polar surface area (TPSA) is 52.4 Å². The molecule has 5 rings (SSSR count). The number of hydrogen-bond donors (Lipinski definition) is 0. The Morgan fingerprint density at radius 1 is 1.00 bits per heavy atom. The van der Waals surface area contributed by atoms with Crippen molar-refractivity contribution < 1.29 is 9.47 Å². The van der Waals surface area contributed by atoms with E-state index in [1.165, 1.54) is 12.8 Å². The zero-order chi connectivity index (χ0) is 21.0. The molecule has 0 aliphatic carbocycles. The first kappa shape index (κ1) is 20.5. The standard InChI is InChI=1S/C24H28N4O2S/c1-18-7-5-6-10-22(18)29-17-23-25-26-24(28(23)19-8-3-2-4-9-19)31-14-13-27-15-20-11-12-21(16-27)30-20/h2-10,20-21H,11-17H2,1H3. The van der Waals surface area contributed by atoms with Gasteiger partial charge in [0, 0.05) is 31.1 Å². The second kappa shape index (κ2) is 9.42. The van der Waals surface area contributed by atoms with Crippen molar-refractivity contribution in [3.63, 3.8) is 0 Å². The van der Waals surface area contributed by atoms with Crippen LogP contribution in [0.2, 0.25) is 0 Å². The third kappa shape index (κ3) is 4.79. The summed E-state index contributed by atoms with van der Waals surface area (Å²) in [4.78, 5) is 2.53. The predicted molar refractivity (Wildman–Crippen MR) is 122 cm³/mol. The molecule has 31 heavy (non-hydrogen) atoms. The van der Waals surface area contributed by atoms with Crippen LogP contribution in [0.25, 0.3) is 5.69 Å². The van der Waals surface area contributed by atoms with Crippen LogP contribution in [0, 0.1) is 6.92 Å². The minimum atomic E-state index is 0.375. The molecule has 2 aliphatic heterocycles. The van der Waals surface area contributed by atoms with E-state index in [0.29, 0.717) is 18.8 Å². The maximum Gasteiger partial charge on any atom is 0.195 e. The number of nitrogens with zero attached hydrogens (tertiary/aromatic N) is 4. The number of hydrogen-bond acceptors (Lipinski definition) is 6. The van der Waals surface area contributed by atoms with Crippen molar-refractivity contribution in [3.05, 3.63) is 66.0 Å². The molecule has 2 fully saturated rings. The van der Waals surface area contributed by atoms with Gasteiger partial charge in [-0.15, -0.1) is 10.2 Å². The Kier molecular flexibility index (Phi) is 6.25. The fourth-order valence-corrected chi connectivity index (χ4v) is 5.30. The van der Waals surface area contributed by atoms with E-state index in [4.69, 9.17) is 9.47 Å². The van der Waals surface area contributed by atoms with Gasteiger partial charge < -0.3 is 9.47 Å². The van der Waals surface area contributed by atoms with Crippen LogP contribution in [0.15, 0.2) is 59.8 Å². The van der Waals surface area contributed by atoms with Gasteiger partial charge in [0.2, 0.25) is 0 Å². The highest BCUT2D eigenvalue weighted by Gasteiger charge is 2.33. The summed E-state index contributed by atoms with van der Waals surface area (Å²) in [6.45, 7) is 5.57. The van der Waals surface area contributed by atoms with Crippen LogP contribution < -0.4 is 4.74 Å². The molecule has 1 aromatic heterocycles. The summed E-state index contributed by atoms with van der Waals surface area (Å²) < 4.78 is 14.1. The van der Waals surface area contributed by atoms with E-state index < -0.39 is 0 Å². The molecule has 6 nitrogen and oxygen atoms in total. The molecule has 2 saturated heterocycles. The van der Waals surface area contributed by atoms with Gasteiger partial charge in [0.15, 0.2) is 11.0 Å². The summed E-state index contributed by atoms with van der Waals surface area (Å²) >= 11 is 1.76. The van der Waals surface area contributed by atoms with E-state index in [1.807, 2.05) is 36.4 Å². The summed E-state index contributed by atoms with van der Waals surface area (Å²) in [6, 6.07) is 18.3. The first-order valence-corrected chi connectivity index (χ1v) is 11.9. The second-order valence-corrected chi connectivity index (χ2v) is 9.25. The van der Waals surface area contributed by atoms with Crippen molar-refractivity contribution in [2.45, 2.75) is 43.7 Å². The number of rotatable bonds is 8. The van der Waals surface area contributed by atoms with Crippen molar-refractivity contribution in [2.75, 3.05) is 25.4 Å². The van der Waals surface area contributed by atoms with Crippen LogP contribution in [0.4, 0.5) is 0 Å². The van der Waals surface area contributed by atoms with Crippen LogP contribution in [0.1, 0.15) is 24.2 Å². The van der Waals surface area contributed by atoms with Crippen molar-refractivity contribution >= 4 is 11.8 Å². The van der Waals surface area contributed by atoms with Gasteiger partial charge in [0.1, 0.15) is 12.4 Å². The molecule has 162 valence electrons. The fraction of sp³-hybridized carbons (Fsp3) is 0.417. The zero-order valence-electron chi connectivity index (χ0n) is 17.8. The van der Waals surface area contributed by atoms with Crippen molar-refractivity contribution in [3.8, 4) is 11.4 Å². The molecule has 7 heteroatoms. The molecule has 3 aromatic rings. The van der Waals surface area contributed by atoms with Crippen LogP contribution in [0.5, 0.6) is 5.75 Å². The lowest BCUT2D eigenvalue weighted by Crippen LogP contribution is -2.43. The van der Waals surface area contributed by atoms with Crippen LogP contribution in [0.3, 0.4) is 0 Å². The average molecular weight is 437 g/mol. The Hall–Kier alpha value is -2.35. The molecule has 2 bridgehead atoms. The van der Waals surface area contributed by atoms with E-state index in [0.717, 1.165) is 53.4 Å². The van der Waals surface area contributed by atoms with Crippen molar-refractivity contribution in [1.82, 2.24) is 19.7 Å². The number of fused-ring (bicyclic) bond motifs is 2. The molecule has 2 unspecified atom stereocenters. The van der Waals surface area contributed by atoms with Gasteiger partial charge in [-0.3, -0.25) is 9.47 Å². The summed E-state index contributed by atoms with van der Waals surface area (Å²) in [5.74, 6) is 2.66. The van der Waals surface area contributed by atoms with Gasteiger partial charge >= 0.3 is 0 Å². The zero-order valence-corrected chi connectivity index (χ0v) is 18.6. The summed E-state index contributed by atoms with van der Waals surface area (Å²) in [7, 11) is 0. The van der Waals surface area contributed by atoms with Crippen LogP contribution in [-0.4, -0.2) is 57.3 Å². The molecule has 2 aliphatic rings. The Morgan fingerprint density at radius 3 is 2.52 bits per heavy atom. The number of para-hydroxylation sites is 2. The molecule has 0 N–H and O–H groups in total. The SMILES string of the molecule is Cc1ccccc1OCc1nnc(SCCN2CC3CCC(C2)O3)n1-c1ccccc1. The second-order valence-electron chi connectivity index (χ2n) is 8.19. The molecule has 0 amide bonds. The number of morpholine rings is 1. The van der Waals surface area contributed by atoms with E-state index in [2.05, 4.69) is 44.8 Å². The molecule has 0 saturated carbocycles. The highest BCUT2D eigenvalue weighted by molar-refractivity contribution is 7.99. The lowest BCUT2D eigenvalue weighted by Gasteiger charge is -2.31. The van der Waals surface area contributed by atoms with E-state index >= 15 is 0 Å². The summed E-state index contributed by atoms with van der Waals surface area (Å²) in [5, 5.41) is 9.88. The predicted octanol–water partition coefficient (Wildman–Crippen LogP) is 4.11. The largest absolute Gasteiger partial charge is 0.485 e. The van der Waals surface area contributed by atoms with Crippen molar-refractivity contribution in [1.29, 1.82) is 0 Å². The molecular formula is C24H28N4O2S. The number of aryl methyl sites for hydroxylation is 1. The van der Waals surface area contributed by atoms with Gasteiger partial charge in [0.05, 0.1) is 12.2 Å². The average Bonchev–Trinajstić information content (AvgIpc) is 3.36. The highest BCUT2D eigenvalue weighted by atomic mass is 32.2. The van der Waals surface area contributed by atoms with Gasteiger partial charge in [-0.25, -0.2) is 0 Å². The monoisotopic (exact) mass is 436 g/mol. The Morgan fingerprint density at radius 2 is 1.74 bits per heavy atom. The van der Waals surface area contributed by atoms with Gasteiger partial charge in [-0.1, -0.05) is 48.2 Å². The maximum atomic E-state index is 6.07. The van der Waals surface area contributed by atoms with E-state index in [1.54, 1.807) is 11.8 Å². The van der Waals surface area contributed by atoms with Gasteiger partial charge in [-0.2, -0.15) is 0 Å². The van der Waals surface area contributed by atoms with Crippen LogP contribution >= 0.6 is 11.8 Å². The molecule has 2 aromatic carbocycles. The lowest BCUT2D eigenvalue weighted by molar-refractivity contribution is -0.0360. The smallest absolute Gasteiger partial charge is 0.195 e. The number of benzene rings is 2. The molecular weight excluding hydrogens is 408 g/mol. The molecule has 3 heterocycles. The maximum absolute atomic E-state index is 6.07. The van der Waals surface area contributed by atoms with E-state index in [-0.39, 0.29) is 0 Å². The number of likely N-dealkylation sites (tertiary alicyclic amines) is 1. The van der Waals surface area contributed by atoms with Gasteiger partial charge in [-0.05, 0) is 43.5 Å². The Bertz CT molecular complexity index is 998. The van der Waals surface area contributed by atoms with Crippen molar-refractivity contribution in [2.24, 2.45) is 0 Å². The summed E-state index contributed by atoms with van der Waals surface area (Å²) in [6.07, 6.45) is 3.28. The minimum absolute atomic E-state index is 0.375. The molecule has 0 radical (unpaired) electrons. The normalized spacial score (nSPS) is 20.8. The fourth-order valence-electron chi connectivity index (χ4n) is 4.33. The first-order valence-electron chi connectivity index (χ1n) is 10.9. The lowest BCUT2D eigenvalue weighted by atomic mass is 10.2. The Labute approximate surface area is 187 Å². The first-order chi connectivity index (χ1) is 15.3. The third-order valence-corrected chi connectivity index (χ3v) is 6.83. The third-order valence-electron chi connectivity index (χ3n) is 5.92. The van der Waals surface area contributed by atoms with Crippen LogP contribution in [-0.2, 0) is 11.3 Å². The Balaban J connectivity index is 1.28. The number of aromatic nitrogens is 3.